The van der Waals surface area contributed by atoms with Crippen LogP contribution in [0, 0.1) is 0 Å². The molecule has 0 fully saturated rings. The number of furan rings is 1. The molecular weight excluding hydrogens is 414 g/mol. The summed E-state index contributed by atoms with van der Waals surface area (Å²) in [7, 11) is 0. The van der Waals surface area contributed by atoms with E-state index in [9.17, 15) is 14.4 Å². The van der Waals surface area contributed by atoms with Crippen LogP contribution in [0.4, 0.5) is 0 Å². The zero-order valence-electron chi connectivity index (χ0n) is 17.2. The van der Waals surface area contributed by atoms with Crippen molar-refractivity contribution in [1.29, 1.82) is 0 Å². The summed E-state index contributed by atoms with van der Waals surface area (Å²) in [6.45, 7) is 2.49. The Morgan fingerprint density at radius 1 is 1.06 bits per heavy atom. The van der Waals surface area contributed by atoms with Crippen LogP contribution in [0.15, 0.2) is 70.7 Å². The number of hydrogen-bond donors (Lipinski definition) is 2. The van der Waals surface area contributed by atoms with E-state index >= 15 is 0 Å². The minimum atomic E-state index is -0.829. The van der Waals surface area contributed by atoms with Crippen LogP contribution in [0.25, 0.3) is 0 Å². The summed E-state index contributed by atoms with van der Waals surface area (Å²) in [5.74, 6) is -0.919. The summed E-state index contributed by atoms with van der Waals surface area (Å²) in [6, 6.07) is 15.6. The Kier molecular flexibility index (Phi) is 8.00. The van der Waals surface area contributed by atoms with Crippen LogP contribution in [0.1, 0.15) is 27.9 Å². The molecule has 1 aromatic carbocycles. The lowest BCUT2D eigenvalue weighted by Gasteiger charge is -2.26. The molecule has 0 unspecified atom stereocenters. The number of nitrogens with zero attached hydrogens (tertiary/aromatic N) is 1. The Morgan fingerprint density at radius 3 is 2.52 bits per heavy atom. The molecule has 162 valence electrons. The van der Waals surface area contributed by atoms with Gasteiger partial charge in [0.15, 0.2) is 5.76 Å². The molecule has 1 atom stereocenters. The minimum Gasteiger partial charge on any atom is -0.459 e. The van der Waals surface area contributed by atoms with Crippen LogP contribution in [-0.2, 0) is 22.6 Å². The molecule has 8 heteroatoms. The van der Waals surface area contributed by atoms with E-state index in [2.05, 4.69) is 10.6 Å². The number of benzene rings is 1. The highest BCUT2D eigenvalue weighted by atomic mass is 32.1. The van der Waals surface area contributed by atoms with E-state index in [4.69, 9.17) is 4.42 Å². The average molecular weight is 440 g/mol. The number of hydrogen-bond acceptors (Lipinski definition) is 5. The fourth-order valence-corrected chi connectivity index (χ4v) is 3.73. The molecule has 2 N–H and O–H groups in total. The van der Waals surface area contributed by atoms with Crippen molar-refractivity contribution in [3.05, 3.63) is 82.4 Å². The van der Waals surface area contributed by atoms with Crippen molar-refractivity contribution in [3.8, 4) is 0 Å². The van der Waals surface area contributed by atoms with Crippen LogP contribution >= 0.6 is 11.3 Å². The van der Waals surface area contributed by atoms with E-state index in [0.717, 1.165) is 10.4 Å². The molecule has 3 amide bonds. The first-order chi connectivity index (χ1) is 15.1. The third kappa shape index (κ3) is 6.55. The lowest BCUT2D eigenvalue weighted by atomic mass is 10.0. The van der Waals surface area contributed by atoms with Gasteiger partial charge in [-0.15, -0.1) is 11.3 Å². The van der Waals surface area contributed by atoms with Gasteiger partial charge in [0.05, 0.1) is 19.4 Å². The van der Waals surface area contributed by atoms with E-state index in [1.165, 1.54) is 17.2 Å². The first-order valence-corrected chi connectivity index (χ1v) is 10.9. The predicted octanol–water partition coefficient (Wildman–Crippen LogP) is 2.85. The number of carbonyl (C=O) groups excluding carboxylic acids is 3. The van der Waals surface area contributed by atoms with Crippen molar-refractivity contribution < 1.29 is 18.8 Å². The standard InChI is InChI=1S/C23H25N3O4S/c1-2-26(16-21(27)24-15-18-10-7-13-31-18)23(29)19(14-17-8-4-3-5-9-17)25-22(28)20-11-6-12-30-20/h3-13,19H,2,14-16H2,1H3,(H,24,27)(H,25,28)/t19-/m0/s1. The van der Waals surface area contributed by atoms with E-state index in [1.807, 2.05) is 47.8 Å². The van der Waals surface area contributed by atoms with Gasteiger partial charge in [0.2, 0.25) is 11.8 Å². The molecule has 3 rings (SSSR count). The van der Waals surface area contributed by atoms with Gasteiger partial charge in [-0.05, 0) is 36.1 Å². The van der Waals surface area contributed by atoms with Crippen LogP contribution in [0.2, 0.25) is 0 Å². The molecule has 0 saturated heterocycles. The molecule has 3 aromatic rings. The fraction of sp³-hybridized carbons (Fsp3) is 0.261. The van der Waals surface area contributed by atoms with Crippen LogP contribution in [0.5, 0.6) is 0 Å². The van der Waals surface area contributed by atoms with E-state index < -0.39 is 11.9 Å². The van der Waals surface area contributed by atoms with Gasteiger partial charge < -0.3 is 20.0 Å². The maximum atomic E-state index is 13.3. The average Bonchev–Trinajstić information content (AvgIpc) is 3.50. The van der Waals surface area contributed by atoms with Crippen molar-refractivity contribution in [1.82, 2.24) is 15.5 Å². The lowest BCUT2D eigenvalue weighted by Crippen LogP contribution is -2.51. The SMILES string of the molecule is CCN(CC(=O)NCc1cccs1)C(=O)[C@H](Cc1ccccc1)NC(=O)c1ccco1. The first-order valence-electron chi connectivity index (χ1n) is 10.0. The number of carbonyl (C=O) groups is 3. The lowest BCUT2D eigenvalue weighted by molar-refractivity contribution is -0.137. The topological polar surface area (TPSA) is 91.7 Å². The maximum Gasteiger partial charge on any atom is 0.287 e. The van der Waals surface area contributed by atoms with E-state index in [0.29, 0.717) is 19.5 Å². The second-order valence-corrected chi connectivity index (χ2v) is 7.93. The largest absolute Gasteiger partial charge is 0.459 e. The normalized spacial score (nSPS) is 11.5. The summed E-state index contributed by atoms with van der Waals surface area (Å²) in [5.41, 5.74) is 0.902. The molecule has 0 aliphatic rings. The van der Waals surface area contributed by atoms with Crippen LogP contribution in [0.3, 0.4) is 0 Å². The van der Waals surface area contributed by atoms with Crippen molar-refractivity contribution in [3.63, 3.8) is 0 Å². The molecule has 0 radical (unpaired) electrons. The minimum absolute atomic E-state index is 0.0807. The Balaban J connectivity index is 1.68. The van der Waals surface area contributed by atoms with Crippen molar-refractivity contribution in [2.75, 3.05) is 13.1 Å². The monoisotopic (exact) mass is 439 g/mol. The number of likely N-dealkylation sites (N-methyl/N-ethyl adjacent to an activating group) is 1. The van der Waals surface area contributed by atoms with Gasteiger partial charge in [-0.2, -0.15) is 0 Å². The van der Waals surface area contributed by atoms with Gasteiger partial charge >= 0.3 is 0 Å². The summed E-state index contributed by atoms with van der Waals surface area (Å²) < 4.78 is 5.14. The molecule has 31 heavy (non-hydrogen) atoms. The quantitative estimate of drug-likeness (QED) is 0.508. The summed E-state index contributed by atoms with van der Waals surface area (Å²) in [6.07, 6.45) is 1.71. The Hall–Kier alpha value is -3.39. The highest BCUT2D eigenvalue weighted by Crippen LogP contribution is 2.10. The molecule has 0 aliphatic heterocycles. The third-order valence-electron chi connectivity index (χ3n) is 4.70. The van der Waals surface area contributed by atoms with Gasteiger partial charge in [0, 0.05) is 17.8 Å². The zero-order valence-corrected chi connectivity index (χ0v) is 18.1. The Labute approximate surface area is 185 Å². The molecule has 0 aliphatic carbocycles. The Morgan fingerprint density at radius 2 is 1.87 bits per heavy atom. The van der Waals surface area contributed by atoms with Crippen molar-refractivity contribution in [2.24, 2.45) is 0 Å². The summed E-state index contributed by atoms with van der Waals surface area (Å²) in [4.78, 5) is 40.7. The highest BCUT2D eigenvalue weighted by molar-refractivity contribution is 7.09. The van der Waals surface area contributed by atoms with Gasteiger partial charge in [0.1, 0.15) is 6.04 Å². The van der Waals surface area contributed by atoms with Crippen molar-refractivity contribution in [2.45, 2.75) is 25.9 Å². The second-order valence-electron chi connectivity index (χ2n) is 6.90. The highest BCUT2D eigenvalue weighted by Gasteiger charge is 2.28. The molecular formula is C23H25N3O4S. The van der Waals surface area contributed by atoms with Gasteiger partial charge in [-0.1, -0.05) is 36.4 Å². The zero-order chi connectivity index (χ0) is 22.1. The summed E-state index contributed by atoms with van der Waals surface area (Å²) in [5, 5.41) is 7.53. The third-order valence-corrected chi connectivity index (χ3v) is 5.58. The molecule has 0 spiro atoms. The Bertz CT molecular complexity index is 972. The molecule has 7 nitrogen and oxygen atoms in total. The van der Waals surface area contributed by atoms with E-state index in [1.54, 1.807) is 24.3 Å². The number of rotatable bonds is 10. The number of amides is 3. The smallest absolute Gasteiger partial charge is 0.287 e. The molecule has 0 bridgehead atoms. The van der Waals surface area contributed by atoms with Gasteiger partial charge in [-0.25, -0.2) is 0 Å². The van der Waals surface area contributed by atoms with Crippen molar-refractivity contribution >= 4 is 29.1 Å². The van der Waals surface area contributed by atoms with Gasteiger partial charge in [0.25, 0.3) is 5.91 Å². The van der Waals surface area contributed by atoms with Gasteiger partial charge in [-0.3, -0.25) is 14.4 Å². The number of thiophene rings is 1. The fourth-order valence-electron chi connectivity index (χ4n) is 3.08. The second kappa shape index (κ2) is 11.1. The molecule has 2 heterocycles. The van der Waals surface area contributed by atoms with E-state index in [-0.39, 0.29) is 24.1 Å². The van der Waals surface area contributed by atoms with Crippen LogP contribution in [-0.4, -0.2) is 41.8 Å². The molecule has 0 saturated carbocycles. The molecule has 2 aromatic heterocycles. The predicted molar refractivity (Wildman–Crippen MR) is 119 cm³/mol. The van der Waals surface area contributed by atoms with Crippen LogP contribution < -0.4 is 10.6 Å². The maximum absolute atomic E-state index is 13.3. The number of nitrogens with one attached hydrogen (secondary N) is 2. The first kappa shape index (κ1) is 22.3. The summed E-state index contributed by atoms with van der Waals surface area (Å²) >= 11 is 1.56.